The van der Waals surface area contributed by atoms with Gasteiger partial charge in [0, 0.05) is 19.6 Å². The first-order chi connectivity index (χ1) is 11.2. The Labute approximate surface area is 141 Å². The Kier molecular flexibility index (Phi) is 7.01. The van der Waals surface area contributed by atoms with Crippen LogP contribution in [0.15, 0.2) is 16.8 Å². The number of morpholine rings is 1. The van der Waals surface area contributed by atoms with Crippen LogP contribution >= 0.6 is 11.3 Å². The molecule has 1 aromatic heterocycles. The van der Waals surface area contributed by atoms with Crippen LogP contribution in [-0.2, 0) is 14.3 Å². The van der Waals surface area contributed by atoms with E-state index in [1.807, 2.05) is 5.38 Å². The summed E-state index contributed by atoms with van der Waals surface area (Å²) in [6.07, 6.45) is 0. The summed E-state index contributed by atoms with van der Waals surface area (Å²) in [7, 11) is 0. The molecule has 0 radical (unpaired) electrons. The van der Waals surface area contributed by atoms with Crippen molar-refractivity contribution in [3.63, 3.8) is 0 Å². The van der Waals surface area contributed by atoms with E-state index in [1.165, 1.54) is 5.56 Å². The van der Waals surface area contributed by atoms with Crippen molar-refractivity contribution in [1.82, 2.24) is 15.1 Å². The van der Waals surface area contributed by atoms with Gasteiger partial charge in [-0.3, -0.25) is 14.5 Å². The van der Waals surface area contributed by atoms with Gasteiger partial charge < -0.3 is 15.0 Å². The zero-order valence-corrected chi connectivity index (χ0v) is 14.6. The first-order valence-electron chi connectivity index (χ1n) is 8.08. The van der Waals surface area contributed by atoms with Gasteiger partial charge in [0.2, 0.25) is 0 Å². The molecule has 0 unspecified atom stereocenters. The molecule has 6 nitrogen and oxygen atoms in total. The molecular formula is C16H25N3O3S. The molecule has 7 heteroatoms. The third kappa shape index (κ3) is 4.76. The van der Waals surface area contributed by atoms with Crippen LogP contribution in [0, 0.1) is 0 Å². The monoisotopic (exact) mass is 339 g/mol. The second kappa shape index (κ2) is 9.00. The lowest BCUT2D eigenvalue weighted by Gasteiger charge is -2.30. The Morgan fingerprint density at radius 1 is 1.35 bits per heavy atom. The highest BCUT2D eigenvalue weighted by Crippen LogP contribution is 2.22. The minimum absolute atomic E-state index is 0.0951. The van der Waals surface area contributed by atoms with Gasteiger partial charge in [0.05, 0.1) is 19.3 Å². The van der Waals surface area contributed by atoms with Gasteiger partial charge in [-0.25, -0.2) is 0 Å². The number of amides is 2. The average molecular weight is 339 g/mol. The number of likely N-dealkylation sites (N-methyl/N-ethyl adjacent to an activating group) is 1. The van der Waals surface area contributed by atoms with Crippen molar-refractivity contribution >= 4 is 23.2 Å². The van der Waals surface area contributed by atoms with Crippen LogP contribution in [-0.4, -0.2) is 67.6 Å². The standard InChI is InChI=1S/C16H25N3O3S/c1-3-18(4-2)14(13-5-10-23-12-13)11-17-15(20)16(21)19-6-8-22-9-7-19/h5,10,12,14H,3-4,6-9,11H2,1-2H3,(H,17,20)/t14-/m0/s1. The molecule has 1 aromatic rings. The lowest BCUT2D eigenvalue weighted by molar-refractivity contribution is -0.148. The predicted octanol–water partition coefficient (Wildman–Crippen LogP) is 1.11. The van der Waals surface area contributed by atoms with Crippen LogP contribution in [0.3, 0.4) is 0 Å². The van der Waals surface area contributed by atoms with Crippen molar-refractivity contribution < 1.29 is 14.3 Å². The predicted molar refractivity (Wildman–Crippen MR) is 90.4 cm³/mol. The molecule has 2 rings (SSSR count). The summed E-state index contributed by atoms with van der Waals surface area (Å²) < 4.78 is 5.21. The smallest absolute Gasteiger partial charge is 0.312 e. The lowest BCUT2D eigenvalue weighted by atomic mass is 10.1. The third-order valence-electron chi connectivity index (χ3n) is 4.13. The zero-order valence-electron chi connectivity index (χ0n) is 13.8. The van der Waals surface area contributed by atoms with E-state index < -0.39 is 11.8 Å². The molecular weight excluding hydrogens is 314 g/mol. The van der Waals surface area contributed by atoms with Crippen molar-refractivity contribution in [2.45, 2.75) is 19.9 Å². The summed E-state index contributed by atoms with van der Waals surface area (Å²) in [5.41, 5.74) is 1.18. The SMILES string of the molecule is CCN(CC)[C@@H](CNC(=O)C(=O)N1CCOCC1)c1ccsc1. The molecule has 0 bridgehead atoms. The van der Waals surface area contributed by atoms with E-state index in [2.05, 4.69) is 35.5 Å². The summed E-state index contributed by atoms with van der Waals surface area (Å²) in [5.74, 6) is -0.990. The number of nitrogens with zero attached hydrogens (tertiary/aromatic N) is 2. The summed E-state index contributed by atoms with van der Waals surface area (Å²) in [6, 6.07) is 2.17. The van der Waals surface area contributed by atoms with Crippen molar-refractivity contribution in [3.05, 3.63) is 22.4 Å². The number of nitrogens with one attached hydrogen (secondary N) is 1. The Bertz CT molecular complexity index is 497. The van der Waals surface area contributed by atoms with E-state index >= 15 is 0 Å². The minimum atomic E-state index is -0.528. The molecule has 0 aromatic carbocycles. The molecule has 128 valence electrons. The number of rotatable bonds is 6. The van der Waals surface area contributed by atoms with E-state index in [-0.39, 0.29) is 6.04 Å². The Balaban J connectivity index is 1.94. The molecule has 1 aliphatic heterocycles. The number of hydrogen-bond donors (Lipinski definition) is 1. The van der Waals surface area contributed by atoms with E-state index in [1.54, 1.807) is 16.2 Å². The highest BCUT2D eigenvalue weighted by atomic mass is 32.1. The maximum Gasteiger partial charge on any atom is 0.312 e. The first kappa shape index (κ1) is 17.9. The summed E-state index contributed by atoms with van der Waals surface area (Å²) in [5, 5.41) is 6.94. The van der Waals surface area contributed by atoms with Crippen molar-refractivity contribution in [1.29, 1.82) is 0 Å². The molecule has 0 aliphatic carbocycles. The zero-order chi connectivity index (χ0) is 16.7. The van der Waals surface area contributed by atoms with Gasteiger partial charge in [-0.1, -0.05) is 13.8 Å². The number of ether oxygens (including phenoxy) is 1. The molecule has 1 N–H and O–H groups in total. The van der Waals surface area contributed by atoms with Gasteiger partial charge >= 0.3 is 11.8 Å². The Morgan fingerprint density at radius 3 is 2.61 bits per heavy atom. The number of hydrogen-bond acceptors (Lipinski definition) is 5. The van der Waals surface area contributed by atoms with Crippen molar-refractivity contribution in [2.75, 3.05) is 45.9 Å². The largest absolute Gasteiger partial charge is 0.378 e. The molecule has 23 heavy (non-hydrogen) atoms. The van der Waals surface area contributed by atoms with Crippen molar-refractivity contribution in [2.24, 2.45) is 0 Å². The molecule has 1 fully saturated rings. The van der Waals surface area contributed by atoms with Crippen molar-refractivity contribution in [3.8, 4) is 0 Å². The maximum atomic E-state index is 12.2. The van der Waals surface area contributed by atoms with Crippen LogP contribution in [0.1, 0.15) is 25.5 Å². The summed E-state index contributed by atoms with van der Waals surface area (Å²) >= 11 is 1.64. The van der Waals surface area contributed by atoms with Gasteiger partial charge in [0.1, 0.15) is 0 Å². The van der Waals surface area contributed by atoms with Crippen LogP contribution in [0.5, 0.6) is 0 Å². The van der Waals surface area contributed by atoms with Gasteiger partial charge in [-0.15, -0.1) is 0 Å². The maximum absolute atomic E-state index is 12.2. The summed E-state index contributed by atoms with van der Waals surface area (Å²) in [6.45, 7) is 8.38. The fourth-order valence-corrected chi connectivity index (χ4v) is 3.47. The number of carbonyl (C=O) groups excluding carboxylic acids is 2. The van der Waals surface area contributed by atoms with E-state index in [0.717, 1.165) is 13.1 Å². The fourth-order valence-electron chi connectivity index (χ4n) is 2.76. The summed E-state index contributed by atoms with van der Waals surface area (Å²) in [4.78, 5) is 28.1. The van der Waals surface area contributed by atoms with Crippen LogP contribution in [0.25, 0.3) is 0 Å². The van der Waals surface area contributed by atoms with E-state index in [0.29, 0.717) is 32.8 Å². The Morgan fingerprint density at radius 2 is 2.04 bits per heavy atom. The third-order valence-corrected chi connectivity index (χ3v) is 4.83. The topological polar surface area (TPSA) is 61.9 Å². The molecule has 2 heterocycles. The molecule has 0 spiro atoms. The molecule has 0 saturated carbocycles. The molecule has 1 atom stereocenters. The highest BCUT2D eigenvalue weighted by Gasteiger charge is 2.25. The second-order valence-electron chi connectivity index (χ2n) is 5.41. The van der Waals surface area contributed by atoms with Gasteiger partial charge in [-0.2, -0.15) is 11.3 Å². The fraction of sp³-hybridized carbons (Fsp3) is 0.625. The van der Waals surface area contributed by atoms with Crippen LogP contribution < -0.4 is 5.32 Å². The first-order valence-corrected chi connectivity index (χ1v) is 9.02. The highest BCUT2D eigenvalue weighted by molar-refractivity contribution is 7.07. The van der Waals surface area contributed by atoms with Gasteiger partial charge in [0.25, 0.3) is 0 Å². The molecule has 1 aliphatic rings. The van der Waals surface area contributed by atoms with Gasteiger partial charge in [0.15, 0.2) is 0 Å². The normalized spacial score (nSPS) is 16.4. The minimum Gasteiger partial charge on any atom is -0.378 e. The van der Waals surface area contributed by atoms with Gasteiger partial charge in [-0.05, 0) is 35.5 Å². The molecule has 2 amide bonds. The quantitative estimate of drug-likeness (QED) is 0.789. The van der Waals surface area contributed by atoms with E-state index in [4.69, 9.17) is 4.74 Å². The van der Waals surface area contributed by atoms with E-state index in [9.17, 15) is 9.59 Å². The molecule has 1 saturated heterocycles. The number of thiophene rings is 1. The van der Waals surface area contributed by atoms with Crippen LogP contribution in [0.4, 0.5) is 0 Å². The Hall–Kier alpha value is -1.44. The number of carbonyl (C=O) groups is 2. The second-order valence-corrected chi connectivity index (χ2v) is 6.19. The lowest BCUT2D eigenvalue weighted by Crippen LogP contribution is -2.49. The van der Waals surface area contributed by atoms with Crippen LogP contribution in [0.2, 0.25) is 0 Å². The average Bonchev–Trinajstić information content (AvgIpc) is 3.12.